The Balaban J connectivity index is 1.93. The summed E-state index contributed by atoms with van der Waals surface area (Å²) in [5, 5.41) is 0.510. The molecule has 6 nitrogen and oxygen atoms in total. The number of benzene rings is 1. The van der Waals surface area contributed by atoms with Gasteiger partial charge in [-0.25, -0.2) is 13.4 Å². The van der Waals surface area contributed by atoms with Gasteiger partial charge < -0.3 is 9.64 Å². The van der Waals surface area contributed by atoms with Crippen LogP contribution in [0.2, 0.25) is 0 Å². The van der Waals surface area contributed by atoms with Crippen molar-refractivity contribution in [1.29, 1.82) is 0 Å². The fourth-order valence-corrected chi connectivity index (χ4v) is 4.36. The van der Waals surface area contributed by atoms with Gasteiger partial charge in [-0.2, -0.15) is 0 Å². The molecule has 24 heavy (non-hydrogen) atoms. The SMILES string of the molecule is CN(C)Cc1ccc2cccc(NS(=O)(=O)C3CCOCC3)c2n1. The molecule has 1 aliphatic rings. The summed E-state index contributed by atoms with van der Waals surface area (Å²) in [5.74, 6) is 0. The van der Waals surface area contributed by atoms with Gasteiger partial charge in [-0.05, 0) is 39.1 Å². The molecule has 0 amide bonds. The predicted molar refractivity (Wildman–Crippen MR) is 95.5 cm³/mol. The Bertz CT molecular complexity index is 815. The zero-order chi connectivity index (χ0) is 17.2. The van der Waals surface area contributed by atoms with E-state index in [2.05, 4.69) is 9.71 Å². The van der Waals surface area contributed by atoms with Gasteiger partial charge in [0.15, 0.2) is 0 Å². The molecule has 7 heteroatoms. The predicted octanol–water partition coefficient (Wildman–Crippen LogP) is 2.22. The highest BCUT2D eigenvalue weighted by atomic mass is 32.2. The van der Waals surface area contributed by atoms with Crippen LogP contribution < -0.4 is 4.72 Å². The van der Waals surface area contributed by atoms with E-state index in [1.807, 2.05) is 43.3 Å². The summed E-state index contributed by atoms with van der Waals surface area (Å²) in [6.07, 6.45) is 1.05. The molecule has 0 unspecified atom stereocenters. The van der Waals surface area contributed by atoms with Gasteiger partial charge in [-0.3, -0.25) is 4.72 Å². The third kappa shape index (κ3) is 3.85. The van der Waals surface area contributed by atoms with Crippen LogP contribution in [0.4, 0.5) is 5.69 Å². The van der Waals surface area contributed by atoms with Crippen molar-refractivity contribution in [2.75, 3.05) is 32.0 Å². The Hall–Kier alpha value is -1.70. The molecule has 0 aliphatic carbocycles. The normalized spacial score (nSPS) is 16.6. The molecule has 1 fully saturated rings. The molecule has 1 aliphatic heterocycles. The highest BCUT2D eigenvalue weighted by Gasteiger charge is 2.28. The number of sulfonamides is 1. The number of pyridine rings is 1. The van der Waals surface area contributed by atoms with Crippen LogP contribution in [0.15, 0.2) is 30.3 Å². The van der Waals surface area contributed by atoms with Crippen LogP contribution in [0.5, 0.6) is 0 Å². The standard InChI is InChI=1S/C17H23N3O3S/c1-20(2)12-14-7-6-13-4-3-5-16(17(13)18-14)19-24(21,22)15-8-10-23-11-9-15/h3-7,15,19H,8-12H2,1-2H3. The van der Waals surface area contributed by atoms with E-state index < -0.39 is 15.3 Å². The average molecular weight is 349 g/mol. The summed E-state index contributed by atoms with van der Waals surface area (Å²) >= 11 is 0. The van der Waals surface area contributed by atoms with Gasteiger partial charge in [-0.1, -0.05) is 18.2 Å². The number of aromatic nitrogens is 1. The second-order valence-corrected chi connectivity index (χ2v) is 8.34. The molecule has 2 aromatic rings. The Labute approximate surface area is 142 Å². The van der Waals surface area contributed by atoms with Gasteiger partial charge in [-0.15, -0.1) is 0 Å². The van der Waals surface area contributed by atoms with Crippen LogP contribution in [0.3, 0.4) is 0 Å². The molecule has 0 radical (unpaired) electrons. The minimum Gasteiger partial charge on any atom is -0.381 e. The second kappa shape index (κ2) is 7.04. The maximum Gasteiger partial charge on any atom is 0.235 e. The molecule has 1 saturated heterocycles. The fraction of sp³-hybridized carbons (Fsp3) is 0.471. The topological polar surface area (TPSA) is 71.5 Å². The summed E-state index contributed by atoms with van der Waals surface area (Å²) < 4.78 is 33.3. The molecule has 130 valence electrons. The number of rotatable bonds is 5. The van der Waals surface area contributed by atoms with Gasteiger partial charge in [0.05, 0.1) is 22.1 Å². The Morgan fingerprint density at radius 3 is 2.67 bits per heavy atom. The third-order valence-corrected chi connectivity index (χ3v) is 5.97. The van der Waals surface area contributed by atoms with E-state index in [0.29, 0.717) is 43.8 Å². The van der Waals surface area contributed by atoms with E-state index in [1.54, 1.807) is 6.07 Å². The van der Waals surface area contributed by atoms with E-state index in [-0.39, 0.29) is 0 Å². The minimum atomic E-state index is -3.44. The molecule has 0 bridgehead atoms. The van der Waals surface area contributed by atoms with Crippen molar-refractivity contribution in [2.45, 2.75) is 24.6 Å². The van der Waals surface area contributed by atoms with Crippen molar-refractivity contribution in [3.8, 4) is 0 Å². The lowest BCUT2D eigenvalue weighted by atomic mass is 10.2. The molecule has 1 N–H and O–H groups in total. The van der Waals surface area contributed by atoms with Crippen LogP contribution >= 0.6 is 0 Å². The maximum atomic E-state index is 12.7. The molecule has 2 heterocycles. The minimum absolute atomic E-state index is 0.411. The van der Waals surface area contributed by atoms with E-state index in [4.69, 9.17) is 4.74 Å². The van der Waals surface area contributed by atoms with Crippen LogP contribution in [-0.2, 0) is 21.3 Å². The van der Waals surface area contributed by atoms with E-state index in [1.165, 1.54) is 0 Å². The van der Waals surface area contributed by atoms with Gasteiger partial charge in [0.25, 0.3) is 0 Å². The van der Waals surface area contributed by atoms with Gasteiger partial charge >= 0.3 is 0 Å². The van der Waals surface area contributed by atoms with Crippen molar-refractivity contribution in [3.63, 3.8) is 0 Å². The van der Waals surface area contributed by atoms with Crippen LogP contribution in [0, 0.1) is 0 Å². The molecule has 1 aromatic heterocycles. The molecule has 3 rings (SSSR count). The number of hydrogen-bond acceptors (Lipinski definition) is 5. The van der Waals surface area contributed by atoms with Gasteiger partial charge in [0.2, 0.25) is 10.0 Å². The molecular weight excluding hydrogens is 326 g/mol. The summed E-state index contributed by atoms with van der Waals surface area (Å²) in [5.41, 5.74) is 2.14. The first-order valence-corrected chi connectivity index (χ1v) is 9.63. The Morgan fingerprint density at radius 1 is 1.21 bits per heavy atom. The fourth-order valence-electron chi connectivity index (χ4n) is 2.90. The average Bonchev–Trinajstić information content (AvgIpc) is 2.55. The number of ether oxygens (including phenoxy) is 1. The lowest BCUT2D eigenvalue weighted by Crippen LogP contribution is -2.33. The lowest BCUT2D eigenvalue weighted by molar-refractivity contribution is 0.0984. The first kappa shape index (κ1) is 17.1. The van der Waals surface area contributed by atoms with Crippen LogP contribution in [-0.4, -0.2) is 50.9 Å². The number of fused-ring (bicyclic) bond motifs is 1. The largest absolute Gasteiger partial charge is 0.381 e. The Kier molecular flexibility index (Phi) is 5.03. The third-order valence-electron chi connectivity index (χ3n) is 4.12. The smallest absolute Gasteiger partial charge is 0.235 e. The van der Waals surface area contributed by atoms with Crippen molar-refractivity contribution in [2.24, 2.45) is 0 Å². The van der Waals surface area contributed by atoms with Crippen molar-refractivity contribution >= 4 is 26.6 Å². The van der Waals surface area contributed by atoms with Crippen LogP contribution in [0.1, 0.15) is 18.5 Å². The Morgan fingerprint density at radius 2 is 1.96 bits per heavy atom. The quantitative estimate of drug-likeness (QED) is 0.896. The van der Waals surface area contributed by atoms with Crippen molar-refractivity contribution < 1.29 is 13.2 Å². The molecular formula is C17H23N3O3S. The number of nitrogens with zero attached hydrogens (tertiary/aromatic N) is 2. The molecule has 0 saturated carbocycles. The molecule has 0 spiro atoms. The summed E-state index contributed by atoms with van der Waals surface area (Å²) in [4.78, 5) is 6.68. The van der Waals surface area contributed by atoms with Gasteiger partial charge in [0.1, 0.15) is 0 Å². The highest BCUT2D eigenvalue weighted by molar-refractivity contribution is 7.93. The maximum absolute atomic E-state index is 12.7. The highest BCUT2D eigenvalue weighted by Crippen LogP contribution is 2.25. The number of para-hydroxylation sites is 1. The molecule has 1 aromatic carbocycles. The summed E-state index contributed by atoms with van der Waals surface area (Å²) in [6, 6.07) is 9.50. The number of anilines is 1. The monoisotopic (exact) mass is 349 g/mol. The van der Waals surface area contributed by atoms with E-state index in [9.17, 15) is 8.42 Å². The zero-order valence-corrected chi connectivity index (χ0v) is 14.8. The van der Waals surface area contributed by atoms with Crippen molar-refractivity contribution in [1.82, 2.24) is 9.88 Å². The molecule has 0 atom stereocenters. The number of hydrogen-bond donors (Lipinski definition) is 1. The zero-order valence-electron chi connectivity index (χ0n) is 14.0. The van der Waals surface area contributed by atoms with Crippen molar-refractivity contribution in [3.05, 3.63) is 36.0 Å². The first-order chi connectivity index (χ1) is 11.5. The van der Waals surface area contributed by atoms with E-state index in [0.717, 1.165) is 11.1 Å². The van der Waals surface area contributed by atoms with E-state index >= 15 is 0 Å². The van der Waals surface area contributed by atoms with Gasteiger partial charge in [0, 0.05) is 25.1 Å². The van der Waals surface area contributed by atoms with Crippen LogP contribution in [0.25, 0.3) is 10.9 Å². The summed E-state index contributed by atoms with van der Waals surface area (Å²) in [6.45, 7) is 1.69. The summed E-state index contributed by atoms with van der Waals surface area (Å²) in [7, 11) is 0.511. The second-order valence-electron chi connectivity index (χ2n) is 6.38. The number of nitrogens with one attached hydrogen (secondary N) is 1. The lowest BCUT2D eigenvalue weighted by Gasteiger charge is -2.23. The first-order valence-electron chi connectivity index (χ1n) is 8.08.